The van der Waals surface area contributed by atoms with Crippen LogP contribution in [-0.2, 0) is 0 Å². The second-order valence-electron chi connectivity index (χ2n) is 5.94. The molecule has 1 amide bonds. The number of hydrogen-bond donors (Lipinski definition) is 3. The molecular formula is C14H20N4O2S. The van der Waals surface area contributed by atoms with Crippen molar-refractivity contribution in [1.29, 1.82) is 0 Å². The fourth-order valence-corrected chi connectivity index (χ4v) is 2.88. The number of aliphatic hydroxyl groups excluding tert-OH is 1. The second kappa shape index (κ2) is 5.57. The molecule has 4 N–H and O–H groups in total. The van der Waals surface area contributed by atoms with Gasteiger partial charge in [0, 0.05) is 24.0 Å². The lowest BCUT2D eigenvalue weighted by molar-refractivity contribution is 0.0916. The van der Waals surface area contributed by atoms with Crippen molar-refractivity contribution in [2.45, 2.75) is 27.7 Å². The van der Waals surface area contributed by atoms with Crippen LogP contribution < -0.4 is 11.1 Å². The molecule has 0 spiro atoms. The van der Waals surface area contributed by atoms with Gasteiger partial charge in [-0.2, -0.15) is 5.10 Å². The van der Waals surface area contributed by atoms with E-state index in [0.717, 1.165) is 16.6 Å². The summed E-state index contributed by atoms with van der Waals surface area (Å²) in [5.41, 5.74) is 7.95. The maximum atomic E-state index is 12.3. The first kappa shape index (κ1) is 15.7. The van der Waals surface area contributed by atoms with Crippen LogP contribution in [0.15, 0.2) is 0 Å². The number of nitrogens with one attached hydrogen (secondary N) is 1. The van der Waals surface area contributed by atoms with Crippen molar-refractivity contribution in [3.05, 3.63) is 16.1 Å². The fourth-order valence-electron chi connectivity index (χ4n) is 1.86. The number of nitrogens with zero attached hydrogens (tertiary/aromatic N) is 2. The lowest BCUT2D eigenvalue weighted by atomic mass is 9.95. The first-order valence-corrected chi connectivity index (χ1v) is 7.49. The molecule has 0 aliphatic rings. The maximum Gasteiger partial charge on any atom is 0.263 e. The Hall–Kier alpha value is -1.73. The number of anilines is 1. The minimum absolute atomic E-state index is 0.00104. The molecule has 0 bridgehead atoms. The minimum Gasteiger partial charge on any atom is -0.397 e. The normalized spacial score (nSPS) is 11.9. The molecule has 2 aromatic rings. The number of hydrogen-bond acceptors (Lipinski definition) is 6. The smallest absolute Gasteiger partial charge is 0.263 e. The second-order valence-corrected chi connectivity index (χ2v) is 6.94. The predicted octanol–water partition coefficient (Wildman–Crippen LogP) is 1.64. The van der Waals surface area contributed by atoms with E-state index in [1.807, 2.05) is 27.7 Å². The van der Waals surface area contributed by atoms with Crippen LogP contribution in [0.25, 0.3) is 10.2 Å². The van der Waals surface area contributed by atoms with E-state index in [-0.39, 0.29) is 17.9 Å². The van der Waals surface area contributed by atoms with Crippen molar-refractivity contribution in [2.24, 2.45) is 5.41 Å². The van der Waals surface area contributed by atoms with E-state index in [1.54, 1.807) is 0 Å². The van der Waals surface area contributed by atoms with E-state index in [1.165, 1.54) is 11.3 Å². The van der Waals surface area contributed by atoms with Crippen LogP contribution >= 0.6 is 11.3 Å². The van der Waals surface area contributed by atoms with Gasteiger partial charge in [-0.25, -0.2) is 0 Å². The average Bonchev–Trinajstić information content (AvgIpc) is 2.78. The molecule has 0 aromatic carbocycles. The van der Waals surface area contributed by atoms with E-state index < -0.39 is 0 Å². The highest BCUT2D eigenvalue weighted by Crippen LogP contribution is 2.34. The van der Waals surface area contributed by atoms with Gasteiger partial charge in [0.1, 0.15) is 9.71 Å². The first-order chi connectivity index (χ1) is 9.76. The molecule has 0 saturated carbocycles. The van der Waals surface area contributed by atoms with Gasteiger partial charge in [0.2, 0.25) is 0 Å². The fraction of sp³-hybridized carbons (Fsp3) is 0.500. The molecule has 0 unspecified atom stereocenters. The minimum atomic E-state index is -0.368. The summed E-state index contributed by atoms with van der Waals surface area (Å²) >= 11 is 1.24. The van der Waals surface area contributed by atoms with Gasteiger partial charge >= 0.3 is 0 Å². The number of aryl methyl sites for hydroxylation is 2. The Morgan fingerprint density at radius 3 is 2.67 bits per heavy atom. The first-order valence-electron chi connectivity index (χ1n) is 6.68. The summed E-state index contributed by atoms with van der Waals surface area (Å²) in [7, 11) is 0. The molecule has 0 fully saturated rings. The number of nitrogen functional groups attached to an aromatic ring is 1. The van der Waals surface area contributed by atoms with E-state index in [0.29, 0.717) is 21.9 Å². The van der Waals surface area contributed by atoms with Gasteiger partial charge in [0.05, 0.1) is 11.4 Å². The highest BCUT2D eigenvalue weighted by molar-refractivity contribution is 7.21. The molecule has 0 aliphatic carbocycles. The van der Waals surface area contributed by atoms with E-state index in [9.17, 15) is 9.90 Å². The summed E-state index contributed by atoms with van der Waals surface area (Å²) < 4.78 is 0. The van der Waals surface area contributed by atoms with Gasteiger partial charge in [-0.05, 0) is 19.4 Å². The van der Waals surface area contributed by atoms with Crippen LogP contribution in [0.1, 0.15) is 34.8 Å². The Labute approximate surface area is 127 Å². The van der Waals surface area contributed by atoms with Crippen molar-refractivity contribution in [3.8, 4) is 0 Å². The molecular weight excluding hydrogens is 288 g/mol. The maximum absolute atomic E-state index is 12.3. The number of carbonyl (C=O) groups is 1. The molecule has 114 valence electrons. The number of fused-ring (bicyclic) bond motifs is 1. The van der Waals surface area contributed by atoms with Gasteiger partial charge in [0.25, 0.3) is 5.91 Å². The summed E-state index contributed by atoms with van der Waals surface area (Å²) in [5, 5.41) is 21.0. The highest BCUT2D eigenvalue weighted by Gasteiger charge is 2.22. The van der Waals surface area contributed by atoms with Gasteiger partial charge in [-0.15, -0.1) is 16.4 Å². The van der Waals surface area contributed by atoms with Crippen molar-refractivity contribution in [3.63, 3.8) is 0 Å². The standard InChI is InChI=1S/C14H20N4O2S/c1-7-8(2)17-18-13-9(7)10(15)11(21-13)12(20)16-5-14(3,4)6-19/h19H,5-6,15H2,1-4H3,(H,16,20). The SMILES string of the molecule is Cc1nnc2sc(C(=O)NCC(C)(C)CO)c(N)c2c1C. The van der Waals surface area contributed by atoms with E-state index in [2.05, 4.69) is 15.5 Å². The van der Waals surface area contributed by atoms with Gasteiger partial charge in [0.15, 0.2) is 0 Å². The van der Waals surface area contributed by atoms with Crippen LogP contribution in [0.5, 0.6) is 0 Å². The number of aliphatic hydroxyl groups is 1. The lowest BCUT2D eigenvalue weighted by Gasteiger charge is -2.21. The number of amides is 1. The molecule has 21 heavy (non-hydrogen) atoms. The Balaban J connectivity index is 2.33. The Bertz CT molecular complexity index is 694. The van der Waals surface area contributed by atoms with Crippen molar-refractivity contribution in [1.82, 2.24) is 15.5 Å². The van der Waals surface area contributed by atoms with Crippen LogP contribution in [0, 0.1) is 19.3 Å². The van der Waals surface area contributed by atoms with Crippen molar-refractivity contribution in [2.75, 3.05) is 18.9 Å². The van der Waals surface area contributed by atoms with E-state index >= 15 is 0 Å². The van der Waals surface area contributed by atoms with Crippen molar-refractivity contribution >= 4 is 33.1 Å². The topological polar surface area (TPSA) is 101 Å². The summed E-state index contributed by atoms with van der Waals surface area (Å²) in [6.45, 7) is 7.91. The Morgan fingerprint density at radius 2 is 2.05 bits per heavy atom. The highest BCUT2D eigenvalue weighted by atomic mass is 32.1. The third-order valence-corrected chi connectivity index (χ3v) is 4.59. The Morgan fingerprint density at radius 1 is 1.38 bits per heavy atom. The Kier molecular flexibility index (Phi) is 4.15. The number of aromatic nitrogens is 2. The third kappa shape index (κ3) is 2.98. The lowest BCUT2D eigenvalue weighted by Crippen LogP contribution is -2.35. The average molecular weight is 308 g/mol. The zero-order valence-electron chi connectivity index (χ0n) is 12.6. The quantitative estimate of drug-likeness (QED) is 0.797. The molecule has 2 heterocycles. The molecule has 0 atom stereocenters. The molecule has 7 heteroatoms. The predicted molar refractivity (Wildman–Crippen MR) is 84.5 cm³/mol. The van der Waals surface area contributed by atoms with Crippen LogP contribution in [0.4, 0.5) is 5.69 Å². The zero-order chi connectivity index (χ0) is 15.8. The van der Waals surface area contributed by atoms with Crippen LogP contribution in [-0.4, -0.2) is 34.4 Å². The number of carbonyl (C=O) groups excluding carboxylic acids is 1. The number of thiophene rings is 1. The molecule has 0 saturated heterocycles. The van der Waals surface area contributed by atoms with Crippen molar-refractivity contribution < 1.29 is 9.90 Å². The van der Waals surface area contributed by atoms with Gasteiger partial charge in [-0.1, -0.05) is 13.8 Å². The number of nitrogens with two attached hydrogens (primary N) is 1. The molecule has 0 radical (unpaired) electrons. The van der Waals surface area contributed by atoms with Crippen LogP contribution in [0.2, 0.25) is 0 Å². The zero-order valence-corrected chi connectivity index (χ0v) is 13.5. The van der Waals surface area contributed by atoms with E-state index in [4.69, 9.17) is 5.73 Å². The molecule has 2 rings (SSSR count). The summed E-state index contributed by atoms with van der Waals surface area (Å²) in [5.74, 6) is -0.242. The van der Waals surface area contributed by atoms with Crippen LogP contribution in [0.3, 0.4) is 0 Å². The molecule has 6 nitrogen and oxygen atoms in total. The third-order valence-electron chi connectivity index (χ3n) is 3.50. The largest absolute Gasteiger partial charge is 0.397 e. The summed E-state index contributed by atoms with van der Waals surface area (Å²) in [6.07, 6.45) is 0. The number of rotatable bonds is 4. The summed E-state index contributed by atoms with van der Waals surface area (Å²) in [4.78, 5) is 13.4. The monoisotopic (exact) mass is 308 g/mol. The van der Waals surface area contributed by atoms with Gasteiger partial charge < -0.3 is 16.2 Å². The molecule has 2 aromatic heterocycles. The van der Waals surface area contributed by atoms with Gasteiger partial charge in [-0.3, -0.25) is 4.79 Å². The molecule has 0 aliphatic heterocycles. The summed E-state index contributed by atoms with van der Waals surface area (Å²) in [6, 6.07) is 0.